The van der Waals surface area contributed by atoms with Gasteiger partial charge >= 0.3 is 11.6 Å². The minimum Gasteiger partial charge on any atom is -0.463 e. The fourth-order valence-corrected chi connectivity index (χ4v) is 9.06. The average Bonchev–Trinajstić information content (AvgIpc) is 3.39. The van der Waals surface area contributed by atoms with Crippen LogP contribution in [0.25, 0.3) is 0 Å². The molecule has 5 fully saturated rings. The van der Waals surface area contributed by atoms with Crippen molar-refractivity contribution in [1.29, 1.82) is 0 Å². The zero-order valence-electron chi connectivity index (χ0n) is 18.9. The van der Waals surface area contributed by atoms with Crippen LogP contribution in [0.5, 0.6) is 0 Å². The van der Waals surface area contributed by atoms with Crippen molar-refractivity contribution in [1.82, 2.24) is 0 Å². The summed E-state index contributed by atoms with van der Waals surface area (Å²) in [7, 11) is 0. The van der Waals surface area contributed by atoms with E-state index in [1.54, 1.807) is 12.3 Å². The molecule has 0 amide bonds. The molecular weight excluding hydrogens is 392 g/mol. The van der Waals surface area contributed by atoms with Gasteiger partial charge in [0, 0.05) is 18.4 Å². The lowest BCUT2D eigenvalue weighted by Gasteiger charge is -2.61. The van der Waals surface area contributed by atoms with Crippen molar-refractivity contribution >= 4 is 5.97 Å². The van der Waals surface area contributed by atoms with Crippen molar-refractivity contribution in [3.8, 4) is 0 Å². The molecule has 4 saturated carbocycles. The molecule has 1 aromatic heterocycles. The highest BCUT2D eigenvalue weighted by atomic mass is 16.6. The van der Waals surface area contributed by atoms with Gasteiger partial charge in [-0.05, 0) is 92.1 Å². The van der Waals surface area contributed by atoms with E-state index in [4.69, 9.17) is 13.9 Å². The Morgan fingerprint density at radius 3 is 2.65 bits per heavy atom. The van der Waals surface area contributed by atoms with Gasteiger partial charge in [-0.2, -0.15) is 0 Å². The summed E-state index contributed by atoms with van der Waals surface area (Å²) in [6.45, 7) is 6.50. The van der Waals surface area contributed by atoms with Gasteiger partial charge in [-0.15, -0.1) is 0 Å². The Morgan fingerprint density at radius 2 is 1.90 bits per heavy atom. The van der Waals surface area contributed by atoms with E-state index in [0.29, 0.717) is 35.2 Å². The third-order valence-corrected chi connectivity index (χ3v) is 10.5. The van der Waals surface area contributed by atoms with Crippen molar-refractivity contribution in [2.24, 2.45) is 28.6 Å². The van der Waals surface area contributed by atoms with Crippen molar-refractivity contribution in [3.05, 3.63) is 34.4 Å². The van der Waals surface area contributed by atoms with E-state index in [2.05, 4.69) is 13.8 Å². The molecule has 6 rings (SSSR count). The monoisotopic (exact) mass is 426 g/mol. The van der Waals surface area contributed by atoms with Crippen LogP contribution in [0.15, 0.2) is 27.6 Å². The number of ether oxygens (including phenoxy) is 2. The zero-order valence-corrected chi connectivity index (χ0v) is 18.9. The number of epoxide rings is 1. The molecule has 1 aliphatic heterocycles. The van der Waals surface area contributed by atoms with E-state index in [1.807, 2.05) is 6.07 Å². The number of hydrogen-bond acceptors (Lipinski definition) is 5. The standard InChI is InChI=1S/C26H34O5/c1-15(27)30-18-8-10-24(2)17(12-18)5-6-20-19(24)9-11-25(3)21(13-22-26(20,25)31-22)16-4-7-23(28)29-14-16/h4,7,14,17-22H,5-6,8-13H2,1-3H3/t17?,18-,19?,20-,21-,22+,24+,25-,26-/m1/s1. The number of fused-ring (bicyclic) bond motifs is 3. The second-order valence-electron chi connectivity index (χ2n) is 11.5. The van der Waals surface area contributed by atoms with Crippen molar-refractivity contribution in [2.45, 2.75) is 95.9 Å². The fraction of sp³-hybridized carbons (Fsp3) is 0.769. The highest BCUT2D eigenvalue weighted by molar-refractivity contribution is 5.66. The van der Waals surface area contributed by atoms with Gasteiger partial charge in [0.2, 0.25) is 0 Å². The number of esters is 1. The summed E-state index contributed by atoms with van der Waals surface area (Å²) in [6.07, 6.45) is 11.2. The molecule has 0 N–H and O–H groups in total. The Bertz CT molecular complexity index is 948. The summed E-state index contributed by atoms with van der Waals surface area (Å²) in [5.74, 6) is 2.21. The quantitative estimate of drug-likeness (QED) is 0.500. The highest BCUT2D eigenvalue weighted by Gasteiger charge is 2.80. The summed E-state index contributed by atoms with van der Waals surface area (Å²) >= 11 is 0. The SMILES string of the molecule is CC(=O)O[C@@H]1CC[C@@]2(C)C(CC[C@@H]3C2CC[C@]2(C)[C@@H](c4ccc(=O)oc4)C[C@@H]4O[C@@]432)C1. The predicted octanol–water partition coefficient (Wildman–Crippen LogP) is 4.83. The van der Waals surface area contributed by atoms with Crippen LogP contribution in [-0.2, 0) is 14.3 Å². The average molecular weight is 427 g/mol. The molecule has 168 valence electrons. The molecule has 1 aromatic rings. The van der Waals surface area contributed by atoms with Crippen LogP contribution in [0.2, 0.25) is 0 Å². The molecule has 0 aromatic carbocycles. The second-order valence-corrected chi connectivity index (χ2v) is 11.5. The lowest BCUT2D eigenvalue weighted by atomic mass is 9.44. The largest absolute Gasteiger partial charge is 0.463 e. The van der Waals surface area contributed by atoms with Crippen LogP contribution >= 0.6 is 0 Å². The fourth-order valence-electron chi connectivity index (χ4n) is 9.06. The summed E-state index contributed by atoms with van der Waals surface area (Å²) < 4.78 is 17.5. The smallest absolute Gasteiger partial charge is 0.335 e. The Balaban J connectivity index is 1.28. The lowest BCUT2D eigenvalue weighted by molar-refractivity contribution is -0.162. The predicted molar refractivity (Wildman–Crippen MR) is 114 cm³/mol. The van der Waals surface area contributed by atoms with Crippen LogP contribution < -0.4 is 5.63 Å². The molecule has 5 heteroatoms. The van der Waals surface area contributed by atoms with E-state index in [9.17, 15) is 9.59 Å². The topological polar surface area (TPSA) is 69.0 Å². The first-order valence-corrected chi connectivity index (χ1v) is 12.2. The molecule has 1 spiro atoms. The first-order valence-electron chi connectivity index (χ1n) is 12.2. The maximum absolute atomic E-state index is 11.5. The third kappa shape index (κ3) is 2.59. The van der Waals surface area contributed by atoms with Gasteiger partial charge in [0.05, 0.1) is 12.4 Å². The van der Waals surface area contributed by atoms with Gasteiger partial charge in [0.25, 0.3) is 0 Å². The molecule has 2 unspecified atom stereocenters. The van der Waals surface area contributed by atoms with Crippen LogP contribution in [-0.4, -0.2) is 23.8 Å². The molecule has 1 saturated heterocycles. The number of hydrogen-bond donors (Lipinski definition) is 0. The molecule has 5 nitrogen and oxygen atoms in total. The van der Waals surface area contributed by atoms with E-state index in [1.165, 1.54) is 32.6 Å². The minimum absolute atomic E-state index is 0.00255. The maximum atomic E-state index is 11.5. The van der Waals surface area contributed by atoms with Gasteiger partial charge in [-0.25, -0.2) is 4.79 Å². The van der Waals surface area contributed by atoms with Gasteiger partial charge in [-0.1, -0.05) is 13.8 Å². The molecule has 9 atom stereocenters. The summed E-state index contributed by atoms with van der Waals surface area (Å²) in [5.41, 5.74) is 1.32. The maximum Gasteiger partial charge on any atom is 0.335 e. The Morgan fingerprint density at radius 1 is 1.06 bits per heavy atom. The molecule has 31 heavy (non-hydrogen) atoms. The van der Waals surface area contributed by atoms with Crippen molar-refractivity contribution in [2.75, 3.05) is 0 Å². The van der Waals surface area contributed by atoms with Crippen LogP contribution in [0, 0.1) is 28.6 Å². The number of rotatable bonds is 2. The Hall–Kier alpha value is -1.62. The second kappa shape index (κ2) is 6.46. The third-order valence-electron chi connectivity index (χ3n) is 10.5. The van der Waals surface area contributed by atoms with Gasteiger partial charge in [-0.3, -0.25) is 4.79 Å². The van der Waals surface area contributed by atoms with Crippen LogP contribution in [0.1, 0.15) is 83.6 Å². The minimum atomic E-state index is -0.276. The first-order chi connectivity index (χ1) is 14.8. The number of carbonyl (C=O) groups excluding carboxylic acids is 1. The van der Waals surface area contributed by atoms with E-state index < -0.39 is 0 Å². The van der Waals surface area contributed by atoms with E-state index in [-0.39, 0.29) is 28.7 Å². The van der Waals surface area contributed by atoms with Crippen molar-refractivity contribution < 1.29 is 18.7 Å². The summed E-state index contributed by atoms with van der Waals surface area (Å²) in [6, 6.07) is 3.54. The zero-order chi connectivity index (χ0) is 21.6. The summed E-state index contributed by atoms with van der Waals surface area (Å²) in [4.78, 5) is 23.0. The van der Waals surface area contributed by atoms with Gasteiger partial charge in [0.15, 0.2) is 0 Å². The van der Waals surface area contributed by atoms with E-state index >= 15 is 0 Å². The number of carbonyl (C=O) groups is 1. The Labute approximate surface area is 183 Å². The lowest BCUT2D eigenvalue weighted by Crippen LogP contribution is -2.58. The molecule has 0 radical (unpaired) electrons. The van der Waals surface area contributed by atoms with Gasteiger partial charge in [0.1, 0.15) is 11.7 Å². The van der Waals surface area contributed by atoms with Crippen LogP contribution in [0.3, 0.4) is 0 Å². The van der Waals surface area contributed by atoms with Crippen molar-refractivity contribution in [3.63, 3.8) is 0 Å². The normalized spacial score (nSPS) is 49.9. The molecule has 0 bridgehead atoms. The van der Waals surface area contributed by atoms with Crippen LogP contribution in [0.4, 0.5) is 0 Å². The molecule has 2 heterocycles. The molecular formula is C26H34O5. The van der Waals surface area contributed by atoms with Gasteiger partial charge < -0.3 is 13.9 Å². The Kier molecular flexibility index (Phi) is 4.17. The summed E-state index contributed by atoms with van der Waals surface area (Å²) in [5, 5.41) is 0. The highest BCUT2D eigenvalue weighted by Crippen LogP contribution is 2.77. The molecule has 4 aliphatic carbocycles. The first kappa shape index (κ1) is 20.0. The molecule has 5 aliphatic rings. The van der Waals surface area contributed by atoms with E-state index in [0.717, 1.165) is 31.2 Å².